The zero-order chi connectivity index (χ0) is 16.4. The van der Waals surface area contributed by atoms with Gasteiger partial charge in [-0.05, 0) is 36.2 Å². The number of hydrogen-bond donors (Lipinski definition) is 1. The van der Waals surface area contributed by atoms with Crippen molar-refractivity contribution < 1.29 is 4.79 Å². The van der Waals surface area contributed by atoms with Gasteiger partial charge in [-0.1, -0.05) is 54.1 Å². The monoisotopic (exact) mass is 322 g/mol. The highest BCUT2D eigenvalue weighted by Gasteiger charge is 2.16. The van der Waals surface area contributed by atoms with Crippen LogP contribution in [0.4, 0.5) is 0 Å². The number of primary amides is 1. The van der Waals surface area contributed by atoms with Gasteiger partial charge in [-0.3, -0.25) is 9.78 Å². The molecule has 0 bridgehead atoms. The molecule has 0 saturated heterocycles. The van der Waals surface area contributed by atoms with Gasteiger partial charge in [-0.2, -0.15) is 0 Å². The molecule has 3 aromatic rings. The molecule has 0 spiro atoms. The highest BCUT2D eigenvalue weighted by Crippen LogP contribution is 2.30. The Hall–Kier alpha value is -2.65. The van der Waals surface area contributed by atoms with Gasteiger partial charge in [-0.25, -0.2) is 0 Å². The predicted octanol–water partition coefficient (Wildman–Crippen LogP) is 4.48. The normalized spacial score (nSPS) is 10.5. The van der Waals surface area contributed by atoms with Crippen LogP contribution in [0.3, 0.4) is 0 Å². The second-order valence-corrected chi connectivity index (χ2v) is 5.69. The Balaban J connectivity index is 2.23. The summed E-state index contributed by atoms with van der Waals surface area (Å²) in [6, 6.07) is 19.0. The lowest BCUT2D eigenvalue weighted by atomic mass is 9.96. The fraction of sp³-hybridized carbons (Fsp3) is 0.0526. The average Bonchev–Trinajstić information content (AvgIpc) is 2.55. The molecule has 3 nitrogen and oxygen atoms in total. The molecule has 1 aromatic heterocycles. The van der Waals surface area contributed by atoms with Crippen molar-refractivity contribution in [2.75, 3.05) is 0 Å². The Morgan fingerprint density at radius 1 is 1.00 bits per heavy atom. The molecule has 0 aliphatic rings. The van der Waals surface area contributed by atoms with Crippen LogP contribution in [0, 0.1) is 6.92 Å². The number of nitrogens with two attached hydrogens (primary N) is 1. The van der Waals surface area contributed by atoms with Crippen LogP contribution in [0.2, 0.25) is 5.02 Å². The first-order valence-electron chi connectivity index (χ1n) is 7.19. The van der Waals surface area contributed by atoms with Crippen LogP contribution in [-0.4, -0.2) is 10.9 Å². The Morgan fingerprint density at radius 3 is 2.26 bits per heavy atom. The fourth-order valence-electron chi connectivity index (χ4n) is 2.60. The van der Waals surface area contributed by atoms with Gasteiger partial charge < -0.3 is 5.73 Å². The number of benzene rings is 2. The van der Waals surface area contributed by atoms with E-state index >= 15 is 0 Å². The molecule has 0 aliphatic heterocycles. The van der Waals surface area contributed by atoms with Crippen molar-refractivity contribution in [3.8, 4) is 22.4 Å². The molecular formula is C19H15ClN2O. The van der Waals surface area contributed by atoms with E-state index in [1.54, 1.807) is 6.92 Å². The molecule has 0 aliphatic carbocycles. The third-order valence-corrected chi connectivity index (χ3v) is 3.92. The van der Waals surface area contributed by atoms with Gasteiger partial charge in [0.05, 0.1) is 17.0 Å². The quantitative estimate of drug-likeness (QED) is 0.773. The first kappa shape index (κ1) is 15.3. The van der Waals surface area contributed by atoms with Crippen molar-refractivity contribution in [3.63, 3.8) is 0 Å². The van der Waals surface area contributed by atoms with E-state index < -0.39 is 5.91 Å². The summed E-state index contributed by atoms with van der Waals surface area (Å²) in [5, 5.41) is 0.669. The molecule has 0 fully saturated rings. The molecule has 1 amide bonds. The summed E-state index contributed by atoms with van der Waals surface area (Å²) in [6.07, 6.45) is 0. The van der Waals surface area contributed by atoms with Crippen molar-refractivity contribution in [3.05, 3.63) is 76.9 Å². The van der Waals surface area contributed by atoms with E-state index in [0.29, 0.717) is 16.3 Å². The second-order valence-electron chi connectivity index (χ2n) is 5.25. The maximum absolute atomic E-state index is 11.9. The summed E-state index contributed by atoms with van der Waals surface area (Å²) in [5.41, 5.74) is 10.1. The van der Waals surface area contributed by atoms with Crippen LogP contribution >= 0.6 is 11.6 Å². The first-order valence-corrected chi connectivity index (χ1v) is 7.57. The third-order valence-electron chi connectivity index (χ3n) is 3.67. The molecule has 2 N–H and O–H groups in total. The highest BCUT2D eigenvalue weighted by molar-refractivity contribution is 6.30. The number of nitrogens with zero attached hydrogens (tertiary/aromatic N) is 1. The van der Waals surface area contributed by atoms with Gasteiger partial charge in [0.15, 0.2) is 0 Å². The van der Waals surface area contributed by atoms with Crippen molar-refractivity contribution in [2.45, 2.75) is 6.92 Å². The van der Waals surface area contributed by atoms with Crippen molar-refractivity contribution >= 4 is 17.5 Å². The van der Waals surface area contributed by atoms with Crippen LogP contribution in [-0.2, 0) is 0 Å². The van der Waals surface area contributed by atoms with Crippen molar-refractivity contribution in [2.24, 2.45) is 5.73 Å². The number of amides is 1. The van der Waals surface area contributed by atoms with Crippen molar-refractivity contribution in [1.29, 1.82) is 0 Å². The molecule has 0 radical (unpaired) electrons. The van der Waals surface area contributed by atoms with Gasteiger partial charge in [0.25, 0.3) is 5.91 Å². The number of carbonyl (C=O) groups is 1. The fourth-order valence-corrected chi connectivity index (χ4v) is 2.72. The number of carbonyl (C=O) groups excluding carboxylic acids is 1. The second kappa shape index (κ2) is 6.23. The van der Waals surface area contributed by atoms with E-state index in [2.05, 4.69) is 4.98 Å². The Labute approximate surface area is 139 Å². The largest absolute Gasteiger partial charge is 0.366 e. The van der Waals surface area contributed by atoms with Crippen LogP contribution in [0.1, 0.15) is 16.1 Å². The van der Waals surface area contributed by atoms with E-state index in [0.717, 1.165) is 22.4 Å². The Bertz CT molecular complexity index is 859. The maximum atomic E-state index is 11.9. The summed E-state index contributed by atoms with van der Waals surface area (Å²) in [7, 11) is 0. The molecule has 2 aromatic carbocycles. The molecule has 23 heavy (non-hydrogen) atoms. The molecule has 3 rings (SSSR count). The SMILES string of the molecule is Cc1nc(-c2ccc(Cl)cc2)cc(-c2ccccc2)c1C(N)=O. The average molecular weight is 323 g/mol. The van der Waals surface area contributed by atoms with E-state index in [4.69, 9.17) is 17.3 Å². The number of aryl methyl sites for hydroxylation is 1. The van der Waals surface area contributed by atoms with Crippen LogP contribution in [0.25, 0.3) is 22.4 Å². The smallest absolute Gasteiger partial charge is 0.251 e. The number of aromatic nitrogens is 1. The molecular weight excluding hydrogens is 308 g/mol. The Kier molecular flexibility index (Phi) is 4.13. The molecule has 0 unspecified atom stereocenters. The number of hydrogen-bond acceptors (Lipinski definition) is 2. The number of rotatable bonds is 3. The first-order chi connectivity index (χ1) is 11.1. The van der Waals surface area contributed by atoms with Crippen LogP contribution in [0.15, 0.2) is 60.7 Å². The molecule has 0 atom stereocenters. The lowest BCUT2D eigenvalue weighted by Crippen LogP contribution is -2.15. The van der Waals surface area contributed by atoms with E-state index in [1.165, 1.54) is 0 Å². The summed E-state index contributed by atoms with van der Waals surface area (Å²) >= 11 is 5.94. The summed E-state index contributed by atoms with van der Waals surface area (Å²) in [5.74, 6) is -0.475. The predicted molar refractivity (Wildman–Crippen MR) is 93.4 cm³/mol. The number of halogens is 1. The standard InChI is InChI=1S/C19H15ClN2O/c1-12-18(19(21)23)16(13-5-3-2-4-6-13)11-17(22-12)14-7-9-15(20)10-8-14/h2-11H,1H3,(H2,21,23). The topological polar surface area (TPSA) is 56.0 Å². The highest BCUT2D eigenvalue weighted by atomic mass is 35.5. The molecule has 114 valence electrons. The minimum atomic E-state index is -0.475. The Morgan fingerprint density at radius 2 is 1.65 bits per heavy atom. The van der Waals surface area contributed by atoms with Crippen molar-refractivity contribution in [1.82, 2.24) is 4.98 Å². The lowest BCUT2D eigenvalue weighted by Gasteiger charge is -2.13. The maximum Gasteiger partial charge on any atom is 0.251 e. The summed E-state index contributed by atoms with van der Waals surface area (Å²) < 4.78 is 0. The van der Waals surface area contributed by atoms with Crippen LogP contribution < -0.4 is 5.73 Å². The van der Waals surface area contributed by atoms with Gasteiger partial charge in [0.1, 0.15) is 0 Å². The van der Waals surface area contributed by atoms with E-state index in [1.807, 2.05) is 60.7 Å². The van der Waals surface area contributed by atoms with Gasteiger partial charge in [-0.15, -0.1) is 0 Å². The zero-order valence-electron chi connectivity index (χ0n) is 12.6. The van der Waals surface area contributed by atoms with Gasteiger partial charge in [0.2, 0.25) is 0 Å². The van der Waals surface area contributed by atoms with Gasteiger partial charge >= 0.3 is 0 Å². The molecule has 1 heterocycles. The molecule has 0 saturated carbocycles. The number of pyridine rings is 1. The third kappa shape index (κ3) is 3.10. The van der Waals surface area contributed by atoms with E-state index in [-0.39, 0.29) is 0 Å². The van der Waals surface area contributed by atoms with Gasteiger partial charge in [0, 0.05) is 10.6 Å². The summed E-state index contributed by atoms with van der Waals surface area (Å²) in [6.45, 7) is 1.80. The summed E-state index contributed by atoms with van der Waals surface area (Å²) in [4.78, 5) is 16.4. The van der Waals surface area contributed by atoms with E-state index in [9.17, 15) is 4.79 Å². The lowest BCUT2D eigenvalue weighted by molar-refractivity contribution is 0.1000. The zero-order valence-corrected chi connectivity index (χ0v) is 13.3. The minimum Gasteiger partial charge on any atom is -0.366 e. The molecule has 4 heteroatoms. The van der Waals surface area contributed by atoms with Crippen LogP contribution in [0.5, 0.6) is 0 Å². The minimum absolute atomic E-state index is 0.453.